The topological polar surface area (TPSA) is 55.6 Å². The summed E-state index contributed by atoms with van der Waals surface area (Å²) >= 11 is 1.63. The summed E-state index contributed by atoms with van der Waals surface area (Å²) in [6.45, 7) is 4.74. The van der Waals surface area contributed by atoms with Gasteiger partial charge >= 0.3 is 0 Å². The van der Waals surface area contributed by atoms with E-state index in [4.69, 9.17) is 0 Å². The van der Waals surface area contributed by atoms with Gasteiger partial charge in [0.2, 0.25) is 0 Å². The Hall–Kier alpha value is -1.27. The Balaban J connectivity index is 2.13. The average Bonchev–Trinajstić information content (AvgIpc) is 2.83. The zero-order valence-electron chi connectivity index (χ0n) is 8.40. The Kier molecular flexibility index (Phi) is 2.03. The van der Waals surface area contributed by atoms with E-state index in [0.717, 1.165) is 41.9 Å². The molecule has 3 rings (SSSR count). The average molecular weight is 221 g/mol. The number of hydrogen-bond donors (Lipinski definition) is 1. The first-order valence-electron chi connectivity index (χ1n) is 4.89. The number of fused-ring (bicyclic) bond motifs is 1. The zero-order valence-corrected chi connectivity index (χ0v) is 9.21. The van der Waals surface area contributed by atoms with E-state index in [1.165, 1.54) is 0 Å². The fraction of sp³-hybridized carbons (Fsp3) is 0.444. The van der Waals surface area contributed by atoms with Crippen LogP contribution in [0.3, 0.4) is 0 Å². The molecule has 6 heteroatoms. The number of nitrogens with zero attached hydrogens (tertiary/aromatic N) is 4. The summed E-state index contributed by atoms with van der Waals surface area (Å²) in [4.78, 5) is 5.38. The van der Waals surface area contributed by atoms with E-state index >= 15 is 0 Å². The maximum absolute atomic E-state index is 4.24. The van der Waals surface area contributed by atoms with Crippen molar-refractivity contribution in [1.82, 2.24) is 25.1 Å². The lowest BCUT2D eigenvalue weighted by Crippen LogP contribution is -2.28. The summed E-state index contributed by atoms with van der Waals surface area (Å²) in [7, 11) is 0. The van der Waals surface area contributed by atoms with Crippen molar-refractivity contribution in [3.8, 4) is 10.7 Å². The van der Waals surface area contributed by atoms with Crippen LogP contribution >= 0.6 is 11.3 Å². The molecule has 2 aromatic rings. The van der Waals surface area contributed by atoms with E-state index in [1.54, 1.807) is 11.3 Å². The molecule has 0 atom stereocenters. The van der Waals surface area contributed by atoms with Crippen molar-refractivity contribution >= 4 is 11.3 Å². The summed E-state index contributed by atoms with van der Waals surface area (Å²) < 4.78 is 2.18. The Bertz CT molecular complexity index is 486. The standard InChI is InChI=1S/C9H11N5S/c1-6-8(15-5-11-6)9-13-12-7-4-10-2-3-14(7)9/h5,10H,2-4H2,1H3. The molecule has 0 saturated heterocycles. The Morgan fingerprint density at radius 3 is 3.20 bits per heavy atom. The highest BCUT2D eigenvalue weighted by atomic mass is 32.1. The highest BCUT2D eigenvalue weighted by molar-refractivity contribution is 7.13. The Morgan fingerprint density at radius 1 is 1.47 bits per heavy atom. The van der Waals surface area contributed by atoms with Crippen molar-refractivity contribution in [3.05, 3.63) is 17.0 Å². The Labute approximate surface area is 91.2 Å². The van der Waals surface area contributed by atoms with Crippen LogP contribution in [0.5, 0.6) is 0 Å². The first kappa shape index (κ1) is 8.99. The summed E-state index contributed by atoms with van der Waals surface area (Å²) in [6.07, 6.45) is 0. The van der Waals surface area contributed by atoms with E-state index in [9.17, 15) is 0 Å². The fourth-order valence-corrected chi connectivity index (χ4v) is 2.57. The van der Waals surface area contributed by atoms with Crippen molar-refractivity contribution in [2.75, 3.05) is 6.54 Å². The largest absolute Gasteiger partial charge is 0.308 e. The normalized spacial score (nSPS) is 15.3. The van der Waals surface area contributed by atoms with Crippen molar-refractivity contribution in [1.29, 1.82) is 0 Å². The van der Waals surface area contributed by atoms with Gasteiger partial charge in [-0.15, -0.1) is 21.5 Å². The third-order valence-electron chi connectivity index (χ3n) is 2.57. The van der Waals surface area contributed by atoms with E-state index in [0.29, 0.717) is 0 Å². The number of aromatic nitrogens is 4. The summed E-state index contributed by atoms with van der Waals surface area (Å²) in [5.41, 5.74) is 2.89. The number of nitrogens with one attached hydrogen (secondary N) is 1. The highest BCUT2D eigenvalue weighted by Crippen LogP contribution is 2.26. The smallest absolute Gasteiger partial charge is 0.176 e. The van der Waals surface area contributed by atoms with E-state index in [-0.39, 0.29) is 0 Å². The molecule has 1 aliphatic rings. The zero-order chi connectivity index (χ0) is 10.3. The van der Waals surface area contributed by atoms with Crippen LogP contribution in [0.25, 0.3) is 10.7 Å². The molecule has 0 aromatic carbocycles. The molecule has 0 bridgehead atoms. The van der Waals surface area contributed by atoms with E-state index < -0.39 is 0 Å². The Morgan fingerprint density at radius 2 is 2.40 bits per heavy atom. The molecule has 5 nitrogen and oxygen atoms in total. The summed E-state index contributed by atoms with van der Waals surface area (Å²) in [5, 5.41) is 11.7. The minimum Gasteiger partial charge on any atom is -0.308 e. The van der Waals surface area contributed by atoms with Crippen LogP contribution in [0.1, 0.15) is 11.5 Å². The lowest BCUT2D eigenvalue weighted by atomic mass is 10.3. The SMILES string of the molecule is Cc1ncsc1-c1nnc2n1CCNC2. The molecule has 78 valence electrons. The molecule has 0 saturated carbocycles. The third-order valence-corrected chi connectivity index (χ3v) is 3.50. The molecule has 1 aliphatic heterocycles. The van der Waals surface area contributed by atoms with Gasteiger partial charge in [-0.3, -0.25) is 0 Å². The summed E-state index contributed by atoms with van der Waals surface area (Å²) in [6, 6.07) is 0. The predicted molar refractivity (Wildman–Crippen MR) is 57.6 cm³/mol. The molecule has 0 fully saturated rings. The van der Waals surface area contributed by atoms with Crippen LogP contribution in [-0.4, -0.2) is 26.3 Å². The number of hydrogen-bond acceptors (Lipinski definition) is 5. The van der Waals surface area contributed by atoms with Gasteiger partial charge in [-0.25, -0.2) is 4.98 Å². The van der Waals surface area contributed by atoms with Crippen LogP contribution in [0.4, 0.5) is 0 Å². The van der Waals surface area contributed by atoms with Crippen molar-refractivity contribution in [3.63, 3.8) is 0 Å². The number of rotatable bonds is 1. The highest BCUT2D eigenvalue weighted by Gasteiger charge is 2.18. The molecule has 0 amide bonds. The molecular formula is C9H11N5S. The van der Waals surface area contributed by atoms with Gasteiger partial charge in [0.25, 0.3) is 0 Å². The minimum atomic E-state index is 0.810. The van der Waals surface area contributed by atoms with Crippen LogP contribution < -0.4 is 5.32 Å². The quantitative estimate of drug-likeness (QED) is 0.774. The number of thiazole rings is 1. The van der Waals surface area contributed by atoms with Crippen LogP contribution in [0.2, 0.25) is 0 Å². The molecule has 1 N–H and O–H groups in total. The summed E-state index contributed by atoms with van der Waals surface area (Å²) in [5.74, 6) is 1.98. The van der Waals surface area contributed by atoms with Crippen LogP contribution in [0, 0.1) is 6.92 Å². The van der Waals surface area contributed by atoms with Gasteiger partial charge in [0, 0.05) is 13.1 Å². The lowest BCUT2D eigenvalue weighted by molar-refractivity contribution is 0.508. The van der Waals surface area contributed by atoms with Crippen molar-refractivity contribution in [2.45, 2.75) is 20.0 Å². The van der Waals surface area contributed by atoms with Crippen molar-refractivity contribution in [2.24, 2.45) is 0 Å². The maximum atomic E-state index is 4.24. The molecule has 2 aromatic heterocycles. The van der Waals surface area contributed by atoms with Gasteiger partial charge in [-0.05, 0) is 6.92 Å². The molecule has 0 spiro atoms. The van der Waals surface area contributed by atoms with Gasteiger partial charge in [0.1, 0.15) is 5.82 Å². The van der Waals surface area contributed by atoms with Gasteiger partial charge < -0.3 is 9.88 Å². The second-order valence-electron chi connectivity index (χ2n) is 3.54. The minimum absolute atomic E-state index is 0.810. The van der Waals surface area contributed by atoms with E-state index in [1.807, 2.05) is 12.4 Å². The number of aryl methyl sites for hydroxylation is 1. The molecular weight excluding hydrogens is 210 g/mol. The molecule has 15 heavy (non-hydrogen) atoms. The fourth-order valence-electron chi connectivity index (χ4n) is 1.78. The maximum Gasteiger partial charge on any atom is 0.176 e. The first-order chi connectivity index (χ1) is 7.36. The molecule has 3 heterocycles. The molecule has 0 aliphatic carbocycles. The monoisotopic (exact) mass is 221 g/mol. The second-order valence-corrected chi connectivity index (χ2v) is 4.39. The van der Waals surface area contributed by atoms with Crippen LogP contribution in [-0.2, 0) is 13.1 Å². The van der Waals surface area contributed by atoms with Crippen molar-refractivity contribution < 1.29 is 0 Å². The second kappa shape index (κ2) is 3.39. The van der Waals surface area contributed by atoms with Gasteiger partial charge in [0.05, 0.1) is 22.6 Å². The first-order valence-corrected chi connectivity index (χ1v) is 5.77. The van der Waals surface area contributed by atoms with Crippen LogP contribution in [0.15, 0.2) is 5.51 Å². The van der Waals surface area contributed by atoms with E-state index in [2.05, 4.69) is 25.1 Å². The molecule has 0 radical (unpaired) electrons. The molecule has 0 unspecified atom stereocenters. The van der Waals surface area contributed by atoms with Gasteiger partial charge in [-0.2, -0.15) is 0 Å². The van der Waals surface area contributed by atoms with Gasteiger partial charge in [0.15, 0.2) is 5.82 Å². The van der Waals surface area contributed by atoms with Gasteiger partial charge in [-0.1, -0.05) is 0 Å². The third kappa shape index (κ3) is 1.37. The lowest BCUT2D eigenvalue weighted by Gasteiger charge is -2.15. The predicted octanol–water partition coefficient (Wildman–Crippen LogP) is 0.813.